The van der Waals surface area contributed by atoms with Crippen molar-refractivity contribution in [2.24, 2.45) is 0 Å². The maximum absolute atomic E-state index is 5.97. The van der Waals surface area contributed by atoms with E-state index in [1.807, 2.05) is 12.1 Å². The summed E-state index contributed by atoms with van der Waals surface area (Å²) in [5.74, 6) is 0.737. The molecule has 1 fully saturated rings. The van der Waals surface area contributed by atoms with Crippen LogP contribution in [-0.2, 0) is 0 Å². The largest absolute Gasteiger partial charge is 0.475 e. The lowest BCUT2D eigenvalue weighted by molar-refractivity contribution is 0.189. The fourth-order valence-corrected chi connectivity index (χ4v) is 3.60. The number of hydrogen-bond donors (Lipinski definition) is 1. The number of aromatic nitrogens is 2. The first-order valence-electron chi connectivity index (χ1n) is 7.32. The van der Waals surface area contributed by atoms with Gasteiger partial charge in [0.15, 0.2) is 0 Å². The van der Waals surface area contributed by atoms with Crippen molar-refractivity contribution in [3.05, 3.63) is 29.8 Å². The first kappa shape index (κ1) is 13.1. The highest BCUT2D eigenvalue weighted by Gasteiger charge is 2.12. The summed E-state index contributed by atoms with van der Waals surface area (Å²) < 4.78 is 8.13. The topological polar surface area (TPSA) is 41.8 Å². The van der Waals surface area contributed by atoms with Gasteiger partial charge in [-0.1, -0.05) is 0 Å². The van der Waals surface area contributed by atoms with Crippen LogP contribution in [0, 0.1) is 0 Å². The molecule has 0 aliphatic carbocycles. The molecule has 4 heterocycles. The Kier molecular flexibility index (Phi) is 3.50. The van der Waals surface area contributed by atoms with Crippen LogP contribution in [0.5, 0.6) is 5.88 Å². The van der Waals surface area contributed by atoms with Gasteiger partial charge in [0.1, 0.15) is 22.5 Å². The average molecular weight is 302 g/mol. The molecule has 3 aromatic rings. The number of nitrogens with one attached hydrogen (secondary N) is 1. The van der Waals surface area contributed by atoms with Crippen LogP contribution in [0.2, 0.25) is 0 Å². The minimum absolute atomic E-state index is 0.684. The molecule has 6 heteroatoms. The van der Waals surface area contributed by atoms with Crippen molar-refractivity contribution in [1.29, 1.82) is 0 Å². The van der Waals surface area contributed by atoms with E-state index in [1.165, 1.54) is 4.83 Å². The second-order valence-electron chi connectivity index (χ2n) is 5.23. The Bertz CT molecular complexity index is 744. The van der Waals surface area contributed by atoms with E-state index in [2.05, 4.69) is 37.2 Å². The molecule has 110 valence electrons. The van der Waals surface area contributed by atoms with Crippen LogP contribution in [0.15, 0.2) is 29.8 Å². The zero-order valence-corrected chi connectivity index (χ0v) is 12.6. The molecule has 0 saturated carbocycles. The smallest absolute Gasteiger partial charge is 0.239 e. The van der Waals surface area contributed by atoms with Crippen molar-refractivity contribution >= 4 is 27.2 Å². The molecule has 0 bridgehead atoms. The number of rotatable bonds is 4. The monoisotopic (exact) mass is 302 g/mol. The predicted octanol–water partition coefficient (Wildman–Crippen LogP) is 1.83. The Morgan fingerprint density at radius 3 is 3.10 bits per heavy atom. The number of thiophene rings is 1. The van der Waals surface area contributed by atoms with Crippen LogP contribution in [0.1, 0.15) is 0 Å². The summed E-state index contributed by atoms with van der Waals surface area (Å²) in [4.78, 5) is 8.25. The highest BCUT2D eigenvalue weighted by atomic mass is 32.1. The molecule has 0 atom stereocenters. The minimum atomic E-state index is 0.684. The van der Waals surface area contributed by atoms with Gasteiger partial charge >= 0.3 is 0 Å². The molecule has 0 amide bonds. The lowest BCUT2D eigenvalue weighted by Gasteiger charge is -2.26. The number of piperazine rings is 1. The van der Waals surface area contributed by atoms with Crippen molar-refractivity contribution in [1.82, 2.24) is 19.6 Å². The lowest BCUT2D eigenvalue weighted by atomic mass is 10.3. The molecule has 0 radical (unpaired) electrons. The quantitative estimate of drug-likeness (QED) is 0.798. The Morgan fingerprint density at radius 2 is 2.19 bits per heavy atom. The summed E-state index contributed by atoms with van der Waals surface area (Å²) in [6, 6.07) is 6.15. The van der Waals surface area contributed by atoms with E-state index < -0.39 is 0 Å². The molecule has 1 saturated heterocycles. The van der Waals surface area contributed by atoms with Crippen molar-refractivity contribution < 1.29 is 4.74 Å². The summed E-state index contributed by atoms with van der Waals surface area (Å²) in [5.41, 5.74) is 2.05. The highest BCUT2D eigenvalue weighted by Crippen LogP contribution is 2.27. The van der Waals surface area contributed by atoms with Gasteiger partial charge in [0.2, 0.25) is 5.88 Å². The summed E-state index contributed by atoms with van der Waals surface area (Å²) in [5, 5.41) is 5.43. The van der Waals surface area contributed by atoms with Gasteiger partial charge in [-0.3, -0.25) is 4.90 Å². The minimum Gasteiger partial charge on any atom is -0.475 e. The zero-order chi connectivity index (χ0) is 14.1. The molecule has 0 spiro atoms. The molecule has 3 aromatic heterocycles. The first-order chi connectivity index (χ1) is 10.4. The fourth-order valence-electron chi connectivity index (χ4n) is 2.77. The van der Waals surface area contributed by atoms with Gasteiger partial charge in [0.05, 0.1) is 0 Å². The maximum atomic E-state index is 5.97. The Balaban J connectivity index is 1.53. The molecule has 5 nitrogen and oxygen atoms in total. The van der Waals surface area contributed by atoms with Crippen molar-refractivity contribution in [2.45, 2.75) is 0 Å². The third-order valence-corrected chi connectivity index (χ3v) is 4.79. The first-order valence-corrected chi connectivity index (χ1v) is 8.20. The van der Waals surface area contributed by atoms with Gasteiger partial charge < -0.3 is 14.5 Å². The Labute approximate surface area is 127 Å². The van der Waals surface area contributed by atoms with Crippen LogP contribution >= 0.6 is 11.3 Å². The van der Waals surface area contributed by atoms with Gasteiger partial charge in [-0.25, -0.2) is 4.98 Å². The molecular weight excluding hydrogens is 284 g/mol. The van der Waals surface area contributed by atoms with Gasteiger partial charge in [0.25, 0.3) is 0 Å². The van der Waals surface area contributed by atoms with E-state index in [0.29, 0.717) is 6.61 Å². The molecule has 4 rings (SSSR count). The van der Waals surface area contributed by atoms with Crippen LogP contribution in [0.3, 0.4) is 0 Å². The van der Waals surface area contributed by atoms with Crippen molar-refractivity contribution in [3.63, 3.8) is 0 Å². The van der Waals surface area contributed by atoms with Crippen LogP contribution in [-0.4, -0.2) is 53.6 Å². The van der Waals surface area contributed by atoms with Gasteiger partial charge in [-0.05, 0) is 23.6 Å². The van der Waals surface area contributed by atoms with E-state index in [0.717, 1.165) is 49.6 Å². The zero-order valence-electron chi connectivity index (χ0n) is 11.8. The molecular formula is C15H18N4OS. The molecule has 1 aliphatic rings. The Hall–Kier alpha value is -1.63. The highest BCUT2D eigenvalue weighted by molar-refractivity contribution is 7.16. The normalized spacial score (nSPS) is 16.8. The SMILES string of the molecule is c1cc2c(OCCN3CCNCC3)nc3ccsc3n2c1. The van der Waals surface area contributed by atoms with E-state index in [-0.39, 0.29) is 0 Å². The number of hydrogen-bond acceptors (Lipinski definition) is 5. The van der Waals surface area contributed by atoms with E-state index in [4.69, 9.17) is 4.74 Å². The number of ether oxygens (including phenoxy) is 1. The van der Waals surface area contributed by atoms with Crippen LogP contribution < -0.4 is 10.1 Å². The van der Waals surface area contributed by atoms with Gasteiger partial charge in [0, 0.05) is 38.9 Å². The summed E-state index contributed by atoms with van der Waals surface area (Å²) in [6.07, 6.45) is 2.07. The molecule has 1 aliphatic heterocycles. The second-order valence-corrected chi connectivity index (χ2v) is 6.13. The molecule has 0 unspecified atom stereocenters. The van der Waals surface area contributed by atoms with Gasteiger partial charge in [-0.15, -0.1) is 11.3 Å². The van der Waals surface area contributed by atoms with Crippen molar-refractivity contribution in [3.8, 4) is 5.88 Å². The number of nitrogens with zero attached hydrogens (tertiary/aromatic N) is 3. The third-order valence-electron chi connectivity index (χ3n) is 3.89. The average Bonchev–Trinajstić information content (AvgIpc) is 3.16. The number of fused-ring (bicyclic) bond motifs is 3. The van der Waals surface area contributed by atoms with Crippen LogP contribution in [0.25, 0.3) is 15.9 Å². The van der Waals surface area contributed by atoms with E-state index in [9.17, 15) is 0 Å². The summed E-state index contributed by atoms with van der Waals surface area (Å²) >= 11 is 1.71. The molecule has 0 aromatic carbocycles. The second kappa shape index (κ2) is 5.63. The van der Waals surface area contributed by atoms with Gasteiger partial charge in [-0.2, -0.15) is 0 Å². The standard InChI is InChI=1S/C15H18N4OS/c1-2-13-14(20-10-9-18-7-4-16-5-8-18)17-12-3-11-21-15(12)19(13)6-1/h1-3,6,11,16H,4-5,7-10H2. The summed E-state index contributed by atoms with van der Waals surface area (Å²) in [6.45, 7) is 5.98. The van der Waals surface area contributed by atoms with E-state index >= 15 is 0 Å². The third kappa shape index (κ3) is 2.50. The lowest BCUT2D eigenvalue weighted by Crippen LogP contribution is -2.44. The van der Waals surface area contributed by atoms with Crippen LogP contribution in [0.4, 0.5) is 0 Å². The fraction of sp³-hybridized carbons (Fsp3) is 0.400. The molecule has 21 heavy (non-hydrogen) atoms. The predicted molar refractivity (Wildman–Crippen MR) is 85.4 cm³/mol. The summed E-state index contributed by atoms with van der Waals surface area (Å²) in [7, 11) is 0. The Morgan fingerprint density at radius 1 is 1.29 bits per heavy atom. The van der Waals surface area contributed by atoms with E-state index in [1.54, 1.807) is 11.3 Å². The van der Waals surface area contributed by atoms with Crippen molar-refractivity contribution in [2.75, 3.05) is 39.3 Å². The molecule has 1 N–H and O–H groups in total. The maximum Gasteiger partial charge on any atom is 0.239 e.